The Bertz CT molecular complexity index is 1320. The Labute approximate surface area is 192 Å². The number of likely N-dealkylation sites (tertiary alicyclic amines) is 1. The van der Waals surface area contributed by atoms with Crippen molar-refractivity contribution >= 4 is 16.9 Å². The first kappa shape index (κ1) is 21.4. The minimum absolute atomic E-state index is 0.185. The number of hydrogen-bond acceptors (Lipinski definition) is 3. The molecule has 168 valence electrons. The molecule has 4 nitrogen and oxygen atoms in total. The number of aryl methyl sites for hydroxylation is 1. The van der Waals surface area contributed by atoms with E-state index in [9.17, 15) is 9.18 Å². The maximum absolute atomic E-state index is 14.0. The molecule has 1 aliphatic heterocycles. The average Bonchev–Trinajstić information content (AvgIpc) is 3.20. The van der Waals surface area contributed by atoms with Gasteiger partial charge in [0, 0.05) is 37.0 Å². The number of carboxylic acids is 1. The van der Waals surface area contributed by atoms with Crippen LogP contribution in [0.15, 0.2) is 71.1 Å². The predicted octanol–water partition coefficient (Wildman–Crippen LogP) is 5.91. The van der Waals surface area contributed by atoms with Crippen molar-refractivity contribution in [3.8, 4) is 11.3 Å². The third-order valence-electron chi connectivity index (χ3n) is 6.46. The van der Waals surface area contributed by atoms with E-state index in [0.29, 0.717) is 25.1 Å². The molecule has 0 spiro atoms. The first-order valence-electron chi connectivity index (χ1n) is 11.3. The standard InChI is InChI=1S/C28H26FNO3/c1-2-20-13-19(15-30-16-23(17-30)28(31)32)7-9-24(20)27-14-22-12-18(8-10-26(22)33-27)11-21-5-3-4-6-25(21)29/h3-10,12-14,23H,2,11,15-17H2,1H3,(H,31,32). The number of furan rings is 1. The molecule has 5 heteroatoms. The Morgan fingerprint density at radius 1 is 1.03 bits per heavy atom. The quantitative estimate of drug-likeness (QED) is 0.386. The van der Waals surface area contributed by atoms with E-state index in [1.165, 1.54) is 17.2 Å². The highest BCUT2D eigenvalue weighted by Crippen LogP contribution is 2.32. The van der Waals surface area contributed by atoms with Crippen LogP contribution in [0.1, 0.15) is 29.2 Å². The number of rotatable bonds is 7. The molecule has 4 aromatic rings. The summed E-state index contributed by atoms with van der Waals surface area (Å²) < 4.78 is 20.2. The van der Waals surface area contributed by atoms with Gasteiger partial charge in [0.25, 0.3) is 0 Å². The van der Waals surface area contributed by atoms with Crippen LogP contribution in [0.2, 0.25) is 0 Å². The Kier molecular flexibility index (Phi) is 5.73. The Hall–Kier alpha value is -3.44. The summed E-state index contributed by atoms with van der Waals surface area (Å²) in [5, 5.41) is 10.1. The SMILES string of the molecule is CCc1cc(CN2CC(C(=O)O)C2)ccc1-c1cc2cc(Cc3ccccc3F)ccc2o1. The lowest BCUT2D eigenvalue weighted by Gasteiger charge is -2.36. The number of fused-ring (bicyclic) bond motifs is 1. The molecule has 5 rings (SSSR count). The highest BCUT2D eigenvalue weighted by atomic mass is 19.1. The number of carboxylic acid groups (broad SMARTS) is 1. The molecule has 1 fully saturated rings. The molecule has 0 radical (unpaired) electrons. The van der Waals surface area contributed by atoms with Crippen LogP contribution in [-0.2, 0) is 24.2 Å². The summed E-state index contributed by atoms with van der Waals surface area (Å²) in [6.07, 6.45) is 1.41. The van der Waals surface area contributed by atoms with Crippen molar-refractivity contribution in [1.82, 2.24) is 4.90 Å². The van der Waals surface area contributed by atoms with Gasteiger partial charge in [0.1, 0.15) is 17.2 Å². The summed E-state index contributed by atoms with van der Waals surface area (Å²) in [4.78, 5) is 13.2. The summed E-state index contributed by atoms with van der Waals surface area (Å²) >= 11 is 0. The Morgan fingerprint density at radius 2 is 1.82 bits per heavy atom. The van der Waals surface area contributed by atoms with Crippen molar-refractivity contribution in [2.45, 2.75) is 26.3 Å². The number of hydrogen-bond donors (Lipinski definition) is 1. The summed E-state index contributed by atoms with van der Waals surface area (Å²) in [6, 6.07) is 21.3. The Balaban J connectivity index is 1.37. The van der Waals surface area contributed by atoms with Crippen LogP contribution < -0.4 is 0 Å². The van der Waals surface area contributed by atoms with Gasteiger partial charge < -0.3 is 9.52 Å². The molecule has 0 saturated carbocycles. The van der Waals surface area contributed by atoms with Crippen molar-refractivity contribution in [2.24, 2.45) is 5.92 Å². The van der Waals surface area contributed by atoms with Gasteiger partial charge in [-0.25, -0.2) is 4.39 Å². The highest BCUT2D eigenvalue weighted by molar-refractivity contribution is 5.84. The van der Waals surface area contributed by atoms with Crippen LogP contribution >= 0.6 is 0 Å². The van der Waals surface area contributed by atoms with Crippen LogP contribution in [0.3, 0.4) is 0 Å². The van der Waals surface area contributed by atoms with Gasteiger partial charge in [-0.05, 0) is 52.9 Å². The lowest BCUT2D eigenvalue weighted by molar-refractivity contribution is -0.147. The smallest absolute Gasteiger partial charge is 0.309 e. The highest BCUT2D eigenvalue weighted by Gasteiger charge is 2.32. The summed E-state index contributed by atoms with van der Waals surface area (Å²) in [6.45, 7) is 4.10. The molecule has 0 atom stereocenters. The number of halogens is 1. The molecule has 0 bridgehead atoms. The van der Waals surface area contributed by atoms with Crippen LogP contribution in [0.25, 0.3) is 22.3 Å². The lowest BCUT2D eigenvalue weighted by Crippen LogP contribution is -2.49. The van der Waals surface area contributed by atoms with E-state index in [4.69, 9.17) is 9.52 Å². The van der Waals surface area contributed by atoms with Gasteiger partial charge >= 0.3 is 5.97 Å². The molecule has 0 aliphatic carbocycles. The third-order valence-corrected chi connectivity index (χ3v) is 6.46. The zero-order valence-electron chi connectivity index (χ0n) is 18.6. The Morgan fingerprint density at radius 3 is 2.58 bits per heavy atom. The van der Waals surface area contributed by atoms with Gasteiger partial charge in [-0.15, -0.1) is 0 Å². The van der Waals surface area contributed by atoms with E-state index in [-0.39, 0.29) is 11.7 Å². The maximum Gasteiger partial charge on any atom is 0.309 e. The molecule has 3 aromatic carbocycles. The van der Waals surface area contributed by atoms with E-state index in [2.05, 4.69) is 42.2 Å². The second kappa shape index (κ2) is 8.83. The van der Waals surface area contributed by atoms with Crippen LogP contribution in [-0.4, -0.2) is 29.1 Å². The fourth-order valence-corrected chi connectivity index (χ4v) is 4.59. The van der Waals surface area contributed by atoms with Crippen LogP contribution in [0.5, 0.6) is 0 Å². The fraction of sp³-hybridized carbons (Fsp3) is 0.250. The number of nitrogens with zero attached hydrogens (tertiary/aromatic N) is 1. The molecule has 1 aromatic heterocycles. The van der Waals surface area contributed by atoms with E-state index < -0.39 is 5.97 Å². The monoisotopic (exact) mass is 443 g/mol. The van der Waals surface area contributed by atoms with Crippen molar-refractivity contribution in [3.05, 3.63) is 94.8 Å². The molecular weight excluding hydrogens is 417 g/mol. The molecule has 1 N–H and O–H groups in total. The number of aliphatic carboxylic acids is 1. The molecule has 33 heavy (non-hydrogen) atoms. The minimum Gasteiger partial charge on any atom is -0.481 e. The molecule has 0 unspecified atom stereocenters. The first-order valence-corrected chi connectivity index (χ1v) is 11.3. The van der Waals surface area contributed by atoms with E-state index in [1.54, 1.807) is 6.07 Å². The lowest BCUT2D eigenvalue weighted by atomic mass is 9.96. The van der Waals surface area contributed by atoms with Crippen molar-refractivity contribution < 1.29 is 18.7 Å². The van der Waals surface area contributed by atoms with Gasteiger partial charge in [0.2, 0.25) is 0 Å². The van der Waals surface area contributed by atoms with E-state index in [1.807, 2.05) is 24.3 Å². The molecule has 0 amide bonds. The van der Waals surface area contributed by atoms with Crippen LogP contribution in [0.4, 0.5) is 4.39 Å². The predicted molar refractivity (Wildman–Crippen MR) is 127 cm³/mol. The first-order chi connectivity index (χ1) is 16.0. The van der Waals surface area contributed by atoms with Gasteiger partial charge in [-0.3, -0.25) is 9.69 Å². The summed E-state index contributed by atoms with van der Waals surface area (Å²) in [5.74, 6) is -0.312. The number of carbonyl (C=O) groups is 1. The normalized spacial score (nSPS) is 14.5. The second-order valence-corrected chi connectivity index (χ2v) is 8.83. The summed E-state index contributed by atoms with van der Waals surface area (Å²) in [5.41, 5.74) is 5.99. The van der Waals surface area contributed by atoms with Gasteiger partial charge in [-0.1, -0.05) is 49.4 Å². The van der Waals surface area contributed by atoms with Gasteiger partial charge in [0.05, 0.1) is 5.92 Å². The van der Waals surface area contributed by atoms with E-state index >= 15 is 0 Å². The van der Waals surface area contributed by atoms with Crippen molar-refractivity contribution in [1.29, 1.82) is 0 Å². The fourth-order valence-electron chi connectivity index (χ4n) is 4.59. The second-order valence-electron chi connectivity index (χ2n) is 8.83. The average molecular weight is 444 g/mol. The van der Waals surface area contributed by atoms with Crippen LogP contribution in [0, 0.1) is 11.7 Å². The number of benzene rings is 3. The molecular formula is C28H26FNO3. The largest absolute Gasteiger partial charge is 0.481 e. The molecule has 2 heterocycles. The van der Waals surface area contributed by atoms with Gasteiger partial charge in [0.15, 0.2) is 0 Å². The summed E-state index contributed by atoms with van der Waals surface area (Å²) in [7, 11) is 0. The minimum atomic E-state index is -0.710. The zero-order valence-corrected chi connectivity index (χ0v) is 18.6. The van der Waals surface area contributed by atoms with E-state index in [0.717, 1.165) is 40.8 Å². The molecule has 1 aliphatic rings. The van der Waals surface area contributed by atoms with Gasteiger partial charge in [-0.2, -0.15) is 0 Å². The van der Waals surface area contributed by atoms with Crippen molar-refractivity contribution in [2.75, 3.05) is 13.1 Å². The molecule has 1 saturated heterocycles. The third kappa shape index (κ3) is 4.41. The maximum atomic E-state index is 14.0. The van der Waals surface area contributed by atoms with Crippen molar-refractivity contribution in [3.63, 3.8) is 0 Å². The zero-order chi connectivity index (χ0) is 22.9. The topological polar surface area (TPSA) is 53.7 Å².